The maximum atomic E-state index is 12.7. The number of nitrogens with zero attached hydrogens (tertiary/aromatic N) is 3. The molecule has 2 aromatic heterocycles. The van der Waals surface area contributed by atoms with Crippen molar-refractivity contribution in [1.29, 1.82) is 0 Å². The van der Waals surface area contributed by atoms with E-state index >= 15 is 0 Å². The molecule has 0 unspecified atom stereocenters. The third-order valence-electron chi connectivity index (χ3n) is 3.77. The second-order valence-corrected chi connectivity index (χ2v) is 5.56. The number of amides is 1. The second-order valence-electron chi connectivity index (χ2n) is 5.56. The van der Waals surface area contributed by atoms with Gasteiger partial charge in [-0.3, -0.25) is 4.79 Å². The molecule has 4 rings (SSSR count). The zero-order valence-corrected chi connectivity index (χ0v) is 13.0. The molecule has 2 heterocycles. The molecule has 0 atom stereocenters. The lowest BCUT2D eigenvalue weighted by molar-refractivity contribution is 0.102. The van der Waals surface area contributed by atoms with Crippen molar-refractivity contribution in [3.8, 4) is 0 Å². The number of benzene rings is 2. The summed E-state index contributed by atoms with van der Waals surface area (Å²) in [4.78, 5) is 26.0. The number of para-hydroxylation sites is 3. The number of nitrogens with one attached hydrogen (secondary N) is 1. The van der Waals surface area contributed by atoms with Crippen molar-refractivity contribution in [2.24, 2.45) is 0 Å². The Bertz CT molecular complexity index is 1080. The zero-order valence-electron chi connectivity index (χ0n) is 13.0. The minimum atomic E-state index is -0.247. The summed E-state index contributed by atoms with van der Waals surface area (Å²) in [7, 11) is 0. The van der Waals surface area contributed by atoms with Gasteiger partial charge < -0.3 is 5.32 Å². The Hall–Kier alpha value is -3.34. The summed E-state index contributed by atoms with van der Waals surface area (Å²) in [6.45, 7) is 1.95. The number of rotatable bonds is 2. The van der Waals surface area contributed by atoms with Crippen molar-refractivity contribution in [3.05, 3.63) is 71.9 Å². The van der Waals surface area contributed by atoms with Crippen LogP contribution in [-0.2, 0) is 0 Å². The highest BCUT2D eigenvalue weighted by Crippen LogP contribution is 2.20. The number of pyridine rings is 1. The Kier molecular flexibility index (Phi) is 3.39. The number of hydrogen-bond acceptors (Lipinski definition) is 4. The van der Waals surface area contributed by atoms with Crippen molar-refractivity contribution in [2.75, 3.05) is 5.32 Å². The van der Waals surface area contributed by atoms with Crippen LogP contribution >= 0.6 is 0 Å². The molecule has 0 saturated heterocycles. The Balaban J connectivity index is 1.80. The maximum Gasteiger partial charge on any atom is 0.259 e. The highest BCUT2D eigenvalue weighted by atomic mass is 16.1. The highest BCUT2D eigenvalue weighted by Gasteiger charge is 2.13. The van der Waals surface area contributed by atoms with E-state index in [4.69, 9.17) is 0 Å². The number of hydrogen-bond donors (Lipinski definition) is 1. The van der Waals surface area contributed by atoms with E-state index in [1.54, 1.807) is 12.3 Å². The molecule has 0 aliphatic rings. The van der Waals surface area contributed by atoms with E-state index in [0.29, 0.717) is 22.4 Å². The first-order chi connectivity index (χ1) is 11.7. The summed E-state index contributed by atoms with van der Waals surface area (Å²) in [5.74, 6) is 0.272. The third-order valence-corrected chi connectivity index (χ3v) is 3.77. The van der Waals surface area contributed by atoms with Gasteiger partial charge in [-0.05, 0) is 48.9 Å². The first kappa shape index (κ1) is 14.3. The highest BCUT2D eigenvalue weighted by molar-refractivity contribution is 6.11. The molecule has 0 saturated carbocycles. The predicted octanol–water partition coefficient (Wildman–Crippen LogP) is 3.74. The molecular weight excluding hydrogens is 300 g/mol. The molecule has 4 aromatic rings. The van der Waals surface area contributed by atoms with Gasteiger partial charge in [0.1, 0.15) is 11.3 Å². The molecule has 0 fully saturated rings. The van der Waals surface area contributed by atoms with Crippen LogP contribution in [0.15, 0.2) is 60.8 Å². The van der Waals surface area contributed by atoms with Crippen molar-refractivity contribution in [3.63, 3.8) is 0 Å². The average molecular weight is 314 g/mol. The lowest BCUT2D eigenvalue weighted by Crippen LogP contribution is -2.14. The second kappa shape index (κ2) is 5.70. The van der Waals surface area contributed by atoms with E-state index in [1.165, 1.54) is 0 Å². The van der Waals surface area contributed by atoms with Crippen LogP contribution in [0.3, 0.4) is 0 Å². The van der Waals surface area contributed by atoms with Gasteiger partial charge >= 0.3 is 0 Å². The van der Waals surface area contributed by atoms with Gasteiger partial charge in [0.2, 0.25) is 0 Å². The van der Waals surface area contributed by atoms with E-state index in [-0.39, 0.29) is 5.91 Å². The molecule has 0 radical (unpaired) electrons. The van der Waals surface area contributed by atoms with Gasteiger partial charge in [0.25, 0.3) is 5.91 Å². The summed E-state index contributed by atoms with van der Waals surface area (Å²) < 4.78 is 0. The summed E-state index contributed by atoms with van der Waals surface area (Å²) in [5.41, 5.74) is 4.36. The molecule has 0 aliphatic heterocycles. The number of carbonyl (C=O) groups excluding carboxylic acids is 1. The topological polar surface area (TPSA) is 67.8 Å². The average Bonchev–Trinajstić information content (AvgIpc) is 2.59. The van der Waals surface area contributed by atoms with E-state index in [9.17, 15) is 4.79 Å². The summed E-state index contributed by atoms with van der Waals surface area (Å²) >= 11 is 0. The summed E-state index contributed by atoms with van der Waals surface area (Å²) in [5, 5.41) is 2.82. The van der Waals surface area contributed by atoms with Crippen molar-refractivity contribution < 1.29 is 4.79 Å². The van der Waals surface area contributed by atoms with Crippen LogP contribution in [0.1, 0.15) is 15.9 Å². The quantitative estimate of drug-likeness (QED) is 0.572. The molecular formula is C19H14N4O. The van der Waals surface area contributed by atoms with Crippen LogP contribution in [0.2, 0.25) is 0 Å². The van der Waals surface area contributed by atoms with Crippen LogP contribution in [0.25, 0.3) is 22.1 Å². The minimum Gasteiger partial charge on any atom is -0.306 e. The largest absolute Gasteiger partial charge is 0.306 e. The molecule has 24 heavy (non-hydrogen) atoms. The summed E-state index contributed by atoms with van der Waals surface area (Å²) in [6.07, 6.45) is 1.67. The van der Waals surface area contributed by atoms with Crippen LogP contribution in [0.4, 0.5) is 5.82 Å². The third kappa shape index (κ3) is 2.56. The van der Waals surface area contributed by atoms with Crippen molar-refractivity contribution in [2.45, 2.75) is 6.92 Å². The molecule has 0 bridgehead atoms. The summed E-state index contributed by atoms with van der Waals surface area (Å²) in [6, 6.07) is 16.7. The van der Waals surface area contributed by atoms with E-state index in [1.807, 2.05) is 55.5 Å². The molecule has 5 heteroatoms. The van der Waals surface area contributed by atoms with E-state index in [2.05, 4.69) is 20.3 Å². The van der Waals surface area contributed by atoms with Crippen molar-refractivity contribution in [1.82, 2.24) is 15.0 Å². The van der Waals surface area contributed by atoms with Crippen molar-refractivity contribution >= 4 is 33.8 Å². The van der Waals surface area contributed by atoms with Crippen LogP contribution in [0, 0.1) is 6.92 Å². The fourth-order valence-electron chi connectivity index (χ4n) is 2.61. The Morgan fingerprint density at radius 3 is 2.46 bits per heavy atom. The molecule has 1 amide bonds. The van der Waals surface area contributed by atoms with Gasteiger partial charge in [0.05, 0.1) is 22.1 Å². The van der Waals surface area contributed by atoms with Crippen LogP contribution < -0.4 is 5.32 Å². The van der Waals surface area contributed by atoms with Crippen LogP contribution in [-0.4, -0.2) is 20.9 Å². The van der Waals surface area contributed by atoms with Gasteiger partial charge in [0.15, 0.2) is 0 Å². The first-order valence-electron chi connectivity index (χ1n) is 7.60. The minimum absolute atomic E-state index is 0.247. The zero-order chi connectivity index (χ0) is 16.5. The van der Waals surface area contributed by atoms with Gasteiger partial charge in [0, 0.05) is 6.20 Å². The molecule has 1 N–H and O–H groups in total. The molecule has 116 valence electrons. The van der Waals surface area contributed by atoms with Gasteiger partial charge in [-0.25, -0.2) is 15.0 Å². The SMILES string of the molecule is Cc1ccnc(NC(=O)c2cccc3nc4ccccc4nc23)c1. The fraction of sp³-hybridized carbons (Fsp3) is 0.0526. The standard InChI is InChI=1S/C19H14N4O/c1-12-9-10-20-17(11-12)23-19(24)13-5-4-8-16-18(13)22-15-7-3-2-6-14(15)21-16/h2-11H,1H3,(H,20,23,24). The van der Waals surface area contributed by atoms with Crippen LogP contribution in [0.5, 0.6) is 0 Å². The number of carbonyl (C=O) groups is 1. The normalized spacial score (nSPS) is 10.9. The smallest absolute Gasteiger partial charge is 0.259 e. The Morgan fingerprint density at radius 1 is 0.917 bits per heavy atom. The van der Waals surface area contributed by atoms with E-state index in [0.717, 1.165) is 16.6 Å². The molecule has 5 nitrogen and oxygen atoms in total. The van der Waals surface area contributed by atoms with Gasteiger partial charge in [-0.1, -0.05) is 18.2 Å². The number of anilines is 1. The van der Waals surface area contributed by atoms with Gasteiger partial charge in [-0.15, -0.1) is 0 Å². The maximum absolute atomic E-state index is 12.7. The predicted molar refractivity (Wildman–Crippen MR) is 94.0 cm³/mol. The monoisotopic (exact) mass is 314 g/mol. The van der Waals surface area contributed by atoms with E-state index < -0.39 is 0 Å². The lowest BCUT2D eigenvalue weighted by atomic mass is 10.1. The molecule has 0 spiro atoms. The number of aryl methyl sites for hydroxylation is 1. The Labute approximate surface area is 138 Å². The van der Waals surface area contributed by atoms with Gasteiger partial charge in [-0.2, -0.15) is 0 Å². The number of fused-ring (bicyclic) bond motifs is 2. The molecule has 0 aliphatic carbocycles. The number of aromatic nitrogens is 3. The molecule has 2 aromatic carbocycles. The Morgan fingerprint density at radius 2 is 1.67 bits per heavy atom. The fourth-order valence-corrected chi connectivity index (χ4v) is 2.61. The lowest BCUT2D eigenvalue weighted by Gasteiger charge is -2.08. The first-order valence-corrected chi connectivity index (χ1v) is 7.60.